The molecule has 0 aliphatic heterocycles. The molecule has 0 aliphatic carbocycles. The summed E-state index contributed by atoms with van der Waals surface area (Å²) in [4.78, 5) is 2.69. The summed E-state index contributed by atoms with van der Waals surface area (Å²) in [7, 11) is 0. The molecule has 1 rings (SSSR count). The molecule has 3 N–H and O–H groups in total. The first-order chi connectivity index (χ1) is 6.74. The summed E-state index contributed by atoms with van der Waals surface area (Å²) in [5, 5.41) is 26.3. The first-order valence-electron chi connectivity index (χ1n) is 3.56. The van der Waals surface area contributed by atoms with Crippen LogP contribution in [0.2, 0.25) is 0 Å². The van der Waals surface area contributed by atoms with E-state index in [0.29, 0.717) is 5.03 Å². The molecule has 5 nitrogen and oxygen atoms in total. The Kier molecular flexibility index (Phi) is 3.01. The van der Waals surface area contributed by atoms with Gasteiger partial charge in [0.05, 0.1) is 16.8 Å². The largest absolute Gasteiger partial charge is 0.384 e. The lowest BCUT2D eigenvalue weighted by atomic mass is 10.2. The predicted molar refractivity (Wildman–Crippen MR) is 51.0 cm³/mol. The van der Waals surface area contributed by atoms with Gasteiger partial charge in [0.1, 0.15) is 29.1 Å². The lowest BCUT2D eigenvalue weighted by Gasteiger charge is -1.90. The van der Waals surface area contributed by atoms with Gasteiger partial charge < -0.3 is 10.7 Å². The van der Waals surface area contributed by atoms with E-state index < -0.39 is 0 Å². The Labute approximate surface area is 84.7 Å². The average molecular weight is 203 g/mol. The maximum atomic E-state index is 8.77. The highest BCUT2D eigenvalue weighted by atomic mass is 32.2. The number of hydrogen-bond donors (Lipinski definition) is 2. The van der Waals surface area contributed by atoms with Crippen molar-refractivity contribution in [3.63, 3.8) is 0 Å². The van der Waals surface area contributed by atoms with Gasteiger partial charge in [-0.15, -0.1) is 0 Å². The van der Waals surface area contributed by atoms with Gasteiger partial charge in [-0.2, -0.15) is 15.8 Å². The van der Waals surface area contributed by atoms with E-state index >= 15 is 0 Å². The second-order valence-corrected chi connectivity index (χ2v) is 3.27. The zero-order valence-electron chi connectivity index (χ0n) is 7.03. The van der Waals surface area contributed by atoms with Gasteiger partial charge in [0.2, 0.25) is 0 Å². The van der Waals surface area contributed by atoms with E-state index in [4.69, 9.17) is 21.5 Å². The van der Waals surface area contributed by atoms with Gasteiger partial charge in [-0.3, -0.25) is 0 Å². The number of anilines is 1. The summed E-state index contributed by atoms with van der Waals surface area (Å²) in [5.41, 5.74) is 5.83. The zero-order valence-corrected chi connectivity index (χ0v) is 7.85. The molecule has 1 heterocycles. The van der Waals surface area contributed by atoms with Gasteiger partial charge in [0.25, 0.3) is 0 Å². The lowest BCUT2D eigenvalue weighted by molar-refractivity contribution is 1.19. The molecule has 0 amide bonds. The molecular weight excluding hydrogens is 198 g/mol. The molecule has 0 fully saturated rings. The molecule has 0 saturated heterocycles. The first kappa shape index (κ1) is 9.98. The molecule has 0 aromatic carbocycles. The number of hydrogen-bond acceptors (Lipinski definition) is 5. The monoisotopic (exact) mass is 203 g/mol. The number of nitrogens with two attached hydrogens (primary N) is 1. The highest BCUT2D eigenvalue weighted by Gasteiger charge is 2.15. The van der Waals surface area contributed by atoms with Crippen LogP contribution in [-0.2, 0) is 0 Å². The van der Waals surface area contributed by atoms with Crippen molar-refractivity contribution in [1.29, 1.82) is 15.8 Å². The van der Waals surface area contributed by atoms with Gasteiger partial charge in [-0.1, -0.05) is 11.8 Å². The number of nitrogens with zero attached hydrogens (tertiary/aromatic N) is 3. The third-order valence-electron chi connectivity index (χ3n) is 1.50. The molecule has 14 heavy (non-hydrogen) atoms. The maximum absolute atomic E-state index is 8.77. The van der Waals surface area contributed by atoms with Crippen molar-refractivity contribution in [2.45, 2.75) is 5.03 Å². The van der Waals surface area contributed by atoms with Gasteiger partial charge in [-0.25, -0.2) is 0 Å². The standard InChI is InChI=1S/C8H5N5S/c9-1-2-14-8-6(4-11)5(3-10)7(12)13-8/h13H,2,12H2. The summed E-state index contributed by atoms with van der Waals surface area (Å²) in [6.07, 6.45) is 0. The Hall–Kier alpha value is -2.10. The van der Waals surface area contributed by atoms with E-state index in [-0.39, 0.29) is 22.7 Å². The van der Waals surface area contributed by atoms with Crippen molar-refractivity contribution in [1.82, 2.24) is 4.98 Å². The molecule has 68 valence electrons. The number of aromatic nitrogens is 1. The number of nitriles is 3. The number of nitrogens with one attached hydrogen (secondary N) is 1. The van der Waals surface area contributed by atoms with E-state index in [1.54, 1.807) is 0 Å². The Bertz CT molecular complexity index is 468. The van der Waals surface area contributed by atoms with Crippen LogP contribution < -0.4 is 5.73 Å². The molecule has 0 aliphatic rings. The van der Waals surface area contributed by atoms with Crippen LogP contribution in [0.25, 0.3) is 0 Å². The minimum atomic E-state index is 0.146. The zero-order chi connectivity index (χ0) is 10.6. The van der Waals surface area contributed by atoms with Gasteiger partial charge >= 0.3 is 0 Å². The molecule has 0 unspecified atom stereocenters. The van der Waals surface area contributed by atoms with E-state index in [1.807, 2.05) is 18.2 Å². The van der Waals surface area contributed by atoms with Crippen molar-refractivity contribution < 1.29 is 0 Å². The highest BCUT2D eigenvalue weighted by molar-refractivity contribution is 7.99. The molecule has 0 spiro atoms. The molecule has 1 aromatic rings. The molecule has 0 saturated carbocycles. The third-order valence-corrected chi connectivity index (χ3v) is 2.37. The first-order valence-corrected chi connectivity index (χ1v) is 4.54. The Balaban J connectivity index is 3.16. The Morgan fingerprint density at radius 2 is 1.86 bits per heavy atom. The minimum Gasteiger partial charge on any atom is -0.384 e. The van der Waals surface area contributed by atoms with Crippen LogP contribution in [0.4, 0.5) is 5.82 Å². The van der Waals surface area contributed by atoms with E-state index in [1.165, 1.54) is 0 Å². The fraction of sp³-hybridized carbons (Fsp3) is 0.125. The number of H-pyrrole nitrogens is 1. The Morgan fingerprint density at radius 1 is 1.21 bits per heavy atom. The highest BCUT2D eigenvalue weighted by Crippen LogP contribution is 2.27. The Morgan fingerprint density at radius 3 is 2.36 bits per heavy atom. The predicted octanol–water partition coefficient (Wildman–Crippen LogP) is 0.956. The van der Waals surface area contributed by atoms with Crippen molar-refractivity contribution in [3.05, 3.63) is 11.1 Å². The minimum absolute atomic E-state index is 0.146. The molecule has 0 atom stereocenters. The van der Waals surface area contributed by atoms with Crippen LogP contribution in [-0.4, -0.2) is 10.7 Å². The summed E-state index contributed by atoms with van der Waals surface area (Å²) < 4.78 is 0. The summed E-state index contributed by atoms with van der Waals surface area (Å²) >= 11 is 1.15. The van der Waals surface area contributed by atoms with Crippen LogP contribution in [0.1, 0.15) is 11.1 Å². The number of nitrogen functional groups attached to an aromatic ring is 1. The maximum Gasteiger partial charge on any atom is 0.121 e. The van der Waals surface area contributed by atoms with Crippen LogP contribution in [0, 0.1) is 34.0 Å². The lowest BCUT2D eigenvalue weighted by Crippen LogP contribution is -1.87. The molecule has 6 heteroatoms. The second kappa shape index (κ2) is 4.23. The molecule has 0 bridgehead atoms. The van der Waals surface area contributed by atoms with Gasteiger partial charge in [0, 0.05) is 0 Å². The van der Waals surface area contributed by atoms with Gasteiger partial charge in [0.15, 0.2) is 0 Å². The fourth-order valence-electron chi connectivity index (χ4n) is 0.931. The second-order valence-electron chi connectivity index (χ2n) is 2.29. The SMILES string of the molecule is N#CCSc1[nH]c(N)c(C#N)c1C#N. The summed E-state index contributed by atoms with van der Waals surface area (Å²) in [5.74, 6) is 0.379. The van der Waals surface area contributed by atoms with Crippen LogP contribution >= 0.6 is 11.8 Å². The average Bonchev–Trinajstić information content (AvgIpc) is 2.50. The van der Waals surface area contributed by atoms with Crippen molar-refractivity contribution >= 4 is 17.6 Å². The molecular formula is C8H5N5S. The topological polar surface area (TPSA) is 113 Å². The smallest absolute Gasteiger partial charge is 0.121 e. The van der Waals surface area contributed by atoms with Crippen LogP contribution in [0.3, 0.4) is 0 Å². The fourth-order valence-corrected chi connectivity index (χ4v) is 1.61. The summed E-state index contributed by atoms with van der Waals surface area (Å²) in [6.45, 7) is 0. The van der Waals surface area contributed by atoms with E-state index in [0.717, 1.165) is 11.8 Å². The van der Waals surface area contributed by atoms with Crippen LogP contribution in [0.5, 0.6) is 0 Å². The van der Waals surface area contributed by atoms with Crippen molar-refractivity contribution in [2.75, 3.05) is 11.5 Å². The van der Waals surface area contributed by atoms with Crippen molar-refractivity contribution in [3.8, 4) is 18.2 Å². The summed E-state index contributed by atoms with van der Waals surface area (Å²) in [6, 6.07) is 5.64. The van der Waals surface area contributed by atoms with E-state index in [2.05, 4.69) is 4.98 Å². The van der Waals surface area contributed by atoms with E-state index in [9.17, 15) is 0 Å². The normalized spacial score (nSPS) is 8.64. The number of rotatable bonds is 2. The van der Waals surface area contributed by atoms with Crippen molar-refractivity contribution in [2.24, 2.45) is 0 Å². The van der Waals surface area contributed by atoms with Crippen LogP contribution in [0.15, 0.2) is 5.03 Å². The number of thioether (sulfide) groups is 1. The van der Waals surface area contributed by atoms with Gasteiger partial charge in [-0.05, 0) is 0 Å². The number of aromatic amines is 1. The quantitative estimate of drug-likeness (QED) is 0.695. The third kappa shape index (κ3) is 1.64. The molecule has 1 aromatic heterocycles. The molecule has 0 radical (unpaired) electrons.